The molecule has 0 aromatic carbocycles. The Kier molecular flexibility index (Phi) is 4.71. The van der Waals surface area contributed by atoms with E-state index in [1.165, 1.54) is 0 Å². The van der Waals surface area contributed by atoms with Crippen LogP contribution in [0.3, 0.4) is 0 Å². The van der Waals surface area contributed by atoms with Crippen molar-refractivity contribution in [3.05, 3.63) is 29.6 Å². The van der Waals surface area contributed by atoms with E-state index in [0.717, 1.165) is 24.8 Å². The highest BCUT2D eigenvalue weighted by atomic mass is 16.6. The van der Waals surface area contributed by atoms with E-state index in [-0.39, 0.29) is 24.1 Å². The summed E-state index contributed by atoms with van der Waals surface area (Å²) in [5.41, 5.74) is 1.07. The zero-order chi connectivity index (χ0) is 18.2. The minimum Gasteiger partial charge on any atom is -0.444 e. The molecule has 2 amide bonds. The molecule has 0 radical (unpaired) electrons. The van der Waals surface area contributed by atoms with E-state index in [9.17, 15) is 9.59 Å². The van der Waals surface area contributed by atoms with Crippen LogP contribution < -0.4 is 5.32 Å². The Hall–Kier alpha value is -2.11. The maximum absolute atomic E-state index is 12.5. The van der Waals surface area contributed by atoms with Crippen molar-refractivity contribution in [2.24, 2.45) is 5.92 Å². The van der Waals surface area contributed by atoms with Crippen molar-refractivity contribution in [3.63, 3.8) is 0 Å². The fraction of sp³-hybridized carbons (Fsp3) is 0.632. The standard InChI is InChI=1S/C19H27N3O3/c1-12-9-13(11-20-10-12)17(23)21-15-5-6-16-14(15)7-8-22(16)18(24)25-19(2,3)4/h9-11,14-16H,5-8H2,1-4H3,(H,21,23). The van der Waals surface area contributed by atoms with Crippen LogP contribution >= 0.6 is 0 Å². The first kappa shape index (κ1) is 17.7. The molecule has 1 saturated heterocycles. The number of nitrogens with zero attached hydrogens (tertiary/aromatic N) is 2. The molecule has 2 heterocycles. The molecule has 3 atom stereocenters. The molecule has 2 aliphatic rings. The molecular weight excluding hydrogens is 318 g/mol. The normalized spacial score (nSPS) is 25.6. The fourth-order valence-corrected chi connectivity index (χ4v) is 3.94. The first-order valence-electron chi connectivity index (χ1n) is 8.97. The number of likely N-dealkylation sites (tertiary alicyclic amines) is 1. The predicted octanol–water partition coefficient (Wildman–Crippen LogP) is 2.91. The highest BCUT2D eigenvalue weighted by Crippen LogP contribution is 2.39. The summed E-state index contributed by atoms with van der Waals surface area (Å²) in [6.45, 7) is 8.26. The Balaban J connectivity index is 1.62. The molecule has 6 heteroatoms. The van der Waals surface area contributed by atoms with Gasteiger partial charge in [0.1, 0.15) is 5.60 Å². The highest BCUT2D eigenvalue weighted by molar-refractivity contribution is 5.94. The van der Waals surface area contributed by atoms with Gasteiger partial charge in [0.15, 0.2) is 0 Å². The molecule has 3 rings (SSSR count). The van der Waals surface area contributed by atoms with Gasteiger partial charge in [0.2, 0.25) is 0 Å². The third kappa shape index (κ3) is 3.94. The van der Waals surface area contributed by atoms with Crippen LogP contribution in [0.5, 0.6) is 0 Å². The third-order valence-electron chi connectivity index (χ3n) is 4.97. The Morgan fingerprint density at radius 2 is 2.00 bits per heavy atom. The molecule has 6 nitrogen and oxygen atoms in total. The van der Waals surface area contributed by atoms with Crippen molar-refractivity contribution in [2.75, 3.05) is 6.54 Å². The lowest BCUT2D eigenvalue weighted by Gasteiger charge is -2.28. The van der Waals surface area contributed by atoms with E-state index in [0.29, 0.717) is 18.0 Å². The second-order valence-corrected chi connectivity index (χ2v) is 8.10. The van der Waals surface area contributed by atoms with Gasteiger partial charge >= 0.3 is 6.09 Å². The Morgan fingerprint density at radius 3 is 2.68 bits per heavy atom. The van der Waals surface area contributed by atoms with Gasteiger partial charge in [0.25, 0.3) is 5.91 Å². The number of pyridine rings is 1. The van der Waals surface area contributed by atoms with Gasteiger partial charge in [-0.1, -0.05) is 0 Å². The smallest absolute Gasteiger partial charge is 0.410 e. The summed E-state index contributed by atoms with van der Waals surface area (Å²) in [6, 6.07) is 2.11. The van der Waals surface area contributed by atoms with Crippen molar-refractivity contribution in [3.8, 4) is 0 Å². The zero-order valence-electron chi connectivity index (χ0n) is 15.4. The van der Waals surface area contributed by atoms with Crippen LogP contribution in [0.15, 0.2) is 18.5 Å². The van der Waals surface area contributed by atoms with Gasteiger partial charge in [-0.2, -0.15) is 0 Å². The molecule has 1 saturated carbocycles. The van der Waals surface area contributed by atoms with Crippen LogP contribution in [-0.2, 0) is 4.74 Å². The summed E-state index contributed by atoms with van der Waals surface area (Å²) in [4.78, 5) is 30.8. The number of fused-ring (bicyclic) bond motifs is 1. The number of hydrogen-bond donors (Lipinski definition) is 1. The Labute approximate surface area is 148 Å². The van der Waals surface area contributed by atoms with Gasteiger partial charge in [-0.25, -0.2) is 4.79 Å². The third-order valence-corrected chi connectivity index (χ3v) is 4.97. The number of aryl methyl sites for hydroxylation is 1. The minimum absolute atomic E-state index is 0.0856. The van der Waals surface area contributed by atoms with Crippen LogP contribution in [0, 0.1) is 12.8 Å². The van der Waals surface area contributed by atoms with Gasteiger partial charge in [-0.15, -0.1) is 0 Å². The lowest BCUT2D eigenvalue weighted by atomic mass is 9.99. The summed E-state index contributed by atoms with van der Waals surface area (Å²) in [6.07, 6.45) is 5.78. The molecule has 1 aromatic heterocycles. The summed E-state index contributed by atoms with van der Waals surface area (Å²) < 4.78 is 5.52. The molecule has 1 aliphatic carbocycles. The Bertz CT molecular complexity index is 668. The first-order valence-corrected chi connectivity index (χ1v) is 8.97. The molecule has 0 spiro atoms. The lowest BCUT2D eigenvalue weighted by molar-refractivity contribution is 0.0217. The molecule has 0 bridgehead atoms. The van der Waals surface area contributed by atoms with Crippen LogP contribution in [0.25, 0.3) is 0 Å². The number of carbonyl (C=O) groups is 2. The average Bonchev–Trinajstić information content (AvgIpc) is 3.08. The van der Waals surface area contributed by atoms with E-state index in [1.54, 1.807) is 12.4 Å². The number of ether oxygens (including phenoxy) is 1. The monoisotopic (exact) mass is 345 g/mol. The van der Waals surface area contributed by atoms with Gasteiger partial charge in [-0.3, -0.25) is 9.78 Å². The van der Waals surface area contributed by atoms with Crippen LogP contribution in [0.2, 0.25) is 0 Å². The minimum atomic E-state index is -0.487. The maximum atomic E-state index is 12.5. The fourth-order valence-electron chi connectivity index (χ4n) is 3.94. The maximum Gasteiger partial charge on any atom is 0.410 e. The van der Waals surface area contributed by atoms with E-state index < -0.39 is 5.60 Å². The van der Waals surface area contributed by atoms with E-state index in [2.05, 4.69) is 10.3 Å². The Morgan fingerprint density at radius 1 is 1.24 bits per heavy atom. The summed E-state index contributed by atoms with van der Waals surface area (Å²) in [5.74, 6) is 0.215. The molecular formula is C19H27N3O3. The van der Waals surface area contributed by atoms with Crippen LogP contribution in [-0.4, -0.2) is 46.1 Å². The number of hydrogen-bond acceptors (Lipinski definition) is 4. The second kappa shape index (κ2) is 6.65. The first-order chi connectivity index (χ1) is 11.7. The predicted molar refractivity (Wildman–Crippen MR) is 94.3 cm³/mol. The van der Waals surface area contributed by atoms with Crippen molar-refractivity contribution >= 4 is 12.0 Å². The van der Waals surface area contributed by atoms with Crippen molar-refractivity contribution in [1.29, 1.82) is 0 Å². The van der Waals surface area contributed by atoms with Gasteiger partial charge in [0.05, 0.1) is 5.56 Å². The van der Waals surface area contributed by atoms with E-state index in [1.807, 2.05) is 38.7 Å². The van der Waals surface area contributed by atoms with Crippen LogP contribution in [0.1, 0.15) is 56.0 Å². The highest BCUT2D eigenvalue weighted by Gasteiger charge is 2.47. The molecule has 2 fully saturated rings. The number of aromatic nitrogens is 1. The average molecular weight is 345 g/mol. The van der Waals surface area contributed by atoms with Gasteiger partial charge < -0.3 is 15.0 Å². The molecule has 1 aromatic rings. The molecule has 25 heavy (non-hydrogen) atoms. The molecule has 136 valence electrons. The number of nitrogens with one attached hydrogen (secondary N) is 1. The summed E-state index contributed by atoms with van der Waals surface area (Å²) >= 11 is 0. The van der Waals surface area contributed by atoms with Crippen molar-refractivity contribution < 1.29 is 14.3 Å². The summed E-state index contributed by atoms with van der Waals surface area (Å²) in [7, 11) is 0. The van der Waals surface area contributed by atoms with Crippen LogP contribution in [0.4, 0.5) is 4.79 Å². The molecule has 1 aliphatic heterocycles. The zero-order valence-corrected chi connectivity index (χ0v) is 15.4. The molecule has 1 N–H and O–H groups in total. The topological polar surface area (TPSA) is 71.5 Å². The number of rotatable bonds is 2. The number of carbonyl (C=O) groups excluding carboxylic acids is 2. The van der Waals surface area contributed by atoms with E-state index >= 15 is 0 Å². The summed E-state index contributed by atoms with van der Waals surface area (Å²) in [5, 5.41) is 3.14. The lowest BCUT2D eigenvalue weighted by Crippen LogP contribution is -2.42. The van der Waals surface area contributed by atoms with Crippen molar-refractivity contribution in [2.45, 2.75) is 64.6 Å². The van der Waals surface area contributed by atoms with Crippen molar-refractivity contribution in [1.82, 2.24) is 15.2 Å². The van der Waals surface area contributed by atoms with E-state index in [4.69, 9.17) is 4.74 Å². The largest absolute Gasteiger partial charge is 0.444 e. The number of amides is 2. The van der Waals surface area contributed by atoms with Gasteiger partial charge in [0, 0.05) is 36.9 Å². The molecule has 3 unspecified atom stereocenters. The second-order valence-electron chi connectivity index (χ2n) is 8.10. The van der Waals surface area contributed by atoms with Gasteiger partial charge in [-0.05, 0) is 58.6 Å². The quantitative estimate of drug-likeness (QED) is 0.894. The SMILES string of the molecule is Cc1cncc(C(=O)NC2CCC3C2CCN3C(=O)OC(C)(C)C)c1.